The largest absolute Gasteiger partial charge is 0.497 e. The molecule has 0 saturated carbocycles. The lowest BCUT2D eigenvalue weighted by atomic mass is 10.1. The first-order chi connectivity index (χ1) is 12.2. The Morgan fingerprint density at radius 2 is 1.84 bits per heavy atom. The molecule has 0 radical (unpaired) electrons. The Kier molecular flexibility index (Phi) is 5.79. The van der Waals surface area contributed by atoms with Crippen molar-refractivity contribution < 1.29 is 9.47 Å². The average Bonchev–Trinajstić information content (AvgIpc) is 2.66. The van der Waals surface area contributed by atoms with Gasteiger partial charge in [-0.15, -0.1) is 10.2 Å². The van der Waals surface area contributed by atoms with Gasteiger partial charge in [0, 0.05) is 22.4 Å². The van der Waals surface area contributed by atoms with Crippen LogP contribution in [0.1, 0.15) is 5.56 Å². The maximum atomic E-state index is 6.01. The molecule has 0 saturated heterocycles. The van der Waals surface area contributed by atoms with Crippen molar-refractivity contribution >= 4 is 23.4 Å². The normalized spacial score (nSPS) is 10.5. The highest BCUT2D eigenvalue weighted by atomic mass is 35.5. The zero-order valence-corrected chi connectivity index (χ0v) is 15.5. The maximum Gasteiger partial charge on any atom is 0.132 e. The van der Waals surface area contributed by atoms with Crippen molar-refractivity contribution in [2.45, 2.75) is 10.8 Å². The zero-order chi connectivity index (χ0) is 17.6. The van der Waals surface area contributed by atoms with Crippen LogP contribution in [0, 0.1) is 0 Å². The van der Waals surface area contributed by atoms with E-state index < -0.39 is 0 Å². The van der Waals surface area contributed by atoms with Crippen LogP contribution < -0.4 is 9.47 Å². The van der Waals surface area contributed by atoms with E-state index >= 15 is 0 Å². The van der Waals surface area contributed by atoms with Gasteiger partial charge < -0.3 is 9.47 Å². The summed E-state index contributed by atoms with van der Waals surface area (Å²) in [7, 11) is 3.25. The molecular weight excluding hydrogens is 356 g/mol. The SMILES string of the molecule is COc1ccc(-c2ccc(SCc3cccc(Cl)c3)nn2)c(OC)c1. The smallest absolute Gasteiger partial charge is 0.132 e. The van der Waals surface area contributed by atoms with E-state index in [1.54, 1.807) is 26.0 Å². The Labute approximate surface area is 156 Å². The van der Waals surface area contributed by atoms with E-state index in [-0.39, 0.29) is 0 Å². The van der Waals surface area contributed by atoms with Crippen molar-refractivity contribution in [3.05, 3.63) is 65.2 Å². The van der Waals surface area contributed by atoms with E-state index in [0.29, 0.717) is 5.75 Å². The van der Waals surface area contributed by atoms with E-state index in [4.69, 9.17) is 21.1 Å². The standard InChI is InChI=1S/C19H17ClN2O2S/c1-23-15-6-7-16(18(11-15)24-2)17-8-9-19(22-21-17)25-12-13-4-3-5-14(20)10-13/h3-11H,12H2,1-2H3. The van der Waals surface area contributed by atoms with E-state index in [2.05, 4.69) is 10.2 Å². The number of rotatable bonds is 6. The summed E-state index contributed by atoms with van der Waals surface area (Å²) in [5.41, 5.74) is 2.79. The first kappa shape index (κ1) is 17.6. The summed E-state index contributed by atoms with van der Waals surface area (Å²) in [4.78, 5) is 0. The number of ether oxygens (including phenoxy) is 2. The van der Waals surface area contributed by atoms with E-state index in [9.17, 15) is 0 Å². The van der Waals surface area contributed by atoms with Crippen LogP contribution in [0.2, 0.25) is 5.02 Å². The van der Waals surface area contributed by atoms with Gasteiger partial charge in [0.05, 0.1) is 19.9 Å². The van der Waals surface area contributed by atoms with Gasteiger partial charge in [0.25, 0.3) is 0 Å². The number of hydrogen-bond acceptors (Lipinski definition) is 5. The highest BCUT2D eigenvalue weighted by Gasteiger charge is 2.10. The molecule has 1 aromatic heterocycles. The Hall–Kier alpha value is -2.24. The predicted molar refractivity (Wildman–Crippen MR) is 102 cm³/mol. The minimum absolute atomic E-state index is 0.702. The van der Waals surface area contributed by atoms with Crippen LogP contribution in [0.5, 0.6) is 11.5 Å². The quantitative estimate of drug-likeness (QED) is 0.563. The molecule has 0 amide bonds. The van der Waals surface area contributed by atoms with Crippen LogP contribution in [0.3, 0.4) is 0 Å². The molecule has 0 fully saturated rings. The maximum absolute atomic E-state index is 6.01. The molecule has 0 N–H and O–H groups in total. The molecule has 2 aromatic carbocycles. The van der Waals surface area contributed by atoms with Gasteiger partial charge in [-0.2, -0.15) is 0 Å². The van der Waals surface area contributed by atoms with Crippen molar-refractivity contribution in [3.8, 4) is 22.8 Å². The minimum atomic E-state index is 0.702. The van der Waals surface area contributed by atoms with Crippen LogP contribution in [0.4, 0.5) is 0 Å². The molecule has 128 valence electrons. The molecule has 25 heavy (non-hydrogen) atoms. The van der Waals surface area contributed by atoms with Gasteiger partial charge in [-0.05, 0) is 42.0 Å². The molecular formula is C19H17ClN2O2S. The van der Waals surface area contributed by atoms with Gasteiger partial charge in [0.2, 0.25) is 0 Å². The van der Waals surface area contributed by atoms with Crippen molar-refractivity contribution in [2.75, 3.05) is 14.2 Å². The molecule has 0 atom stereocenters. The molecule has 0 aliphatic carbocycles. The van der Waals surface area contributed by atoms with E-state index in [0.717, 1.165) is 38.4 Å². The highest BCUT2D eigenvalue weighted by Crippen LogP contribution is 2.32. The molecule has 0 aliphatic rings. The summed E-state index contributed by atoms with van der Waals surface area (Å²) in [5, 5.41) is 10.2. The van der Waals surface area contributed by atoms with Gasteiger partial charge in [-0.25, -0.2) is 0 Å². The molecule has 1 heterocycles. The number of benzene rings is 2. The van der Waals surface area contributed by atoms with Crippen molar-refractivity contribution in [1.29, 1.82) is 0 Å². The Morgan fingerprint density at radius 3 is 2.52 bits per heavy atom. The lowest BCUT2D eigenvalue weighted by Crippen LogP contribution is -1.94. The number of methoxy groups -OCH3 is 2. The van der Waals surface area contributed by atoms with Crippen LogP contribution in [0.25, 0.3) is 11.3 Å². The Bertz CT molecular complexity index is 856. The second kappa shape index (κ2) is 8.23. The summed E-state index contributed by atoms with van der Waals surface area (Å²) in [5.74, 6) is 2.23. The number of nitrogens with zero attached hydrogens (tertiary/aromatic N) is 2. The molecule has 4 nitrogen and oxygen atoms in total. The van der Waals surface area contributed by atoms with Crippen LogP contribution >= 0.6 is 23.4 Å². The lowest BCUT2D eigenvalue weighted by Gasteiger charge is -2.09. The van der Waals surface area contributed by atoms with Gasteiger partial charge in [0.15, 0.2) is 0 Å². The third-order valence-electron chi connectivity index (χ3n) is 3.60. The topological polar surface area (TPSA) is 44.2 Å². The number of thioether (sulfide) groups is 1. The third kappa shape index (κ3) is 4.44. The van der Waals surface area contributed by atoms with Gasteiger partial charge in [-0.3, -0.25) is 0 Å². The second-order valence-electron chi connectivity index (χ2n) is 5.24. The lowest BCUT2D eigenvalue weighted by molar-refractivity contribution is 0.395. The first-order valence-corrected chi connectivity index (χ1v) is 8.99. The fourth-order valence-electron chi connectivity index (χ4n) is 2.33. The van der Waals surface area contributed by atoms with Crippen molar-refractivity contribution in [3.63, 3.8) is 0 Å². The zero-order valence-electron chi connectivity index (χ0n) is 13.9. The summed E-state index contributed by atoms with van der Waals surface area (Å²) in [6.07, 6.45) is 0. The summed E-state index contributed by atoms with van der Waals surface area (Å²) in [6.45, 7) is 0. The first-order valence-electron chi connectivity index (χ1n) is 7.63. The third-order valence-corrected chi connectivity index (χ3v) is 4.83. The van der Waals surface area contributed by atoms with Gasteiger partial charge >= 0.3 is 0 Å². The minimum Gasteiger partial charge on any atom is -0.497 e. The molecule has 0 aliphatic heterocycles. The number of hydrogen-bond donors (Lipinski definition) is 0. The predicted octanol–water partition coefficient (Wildman–Crippen LogP) is 5.11. The van der Waals surface area contributed by atoms with Gasteiger partial charge in [0.1, 0.15) is 16.5 Å². The molecule has 6 heteroatoms. The van der Waals surface area contributed by atoms with Gasteiger partial charge in [-0.1, -0.05) is 35.5 Å². The fourth-order valence-corrected chi connectivity index (χ4v) is 3.30. The summed E-state index contributed by atoms with van der Waals surface area (Å²) < 4.78 is 10.6. The number of halogens is 1. The molecule has 0 spiro atoms. The van der Waals surface area contributed by atoms with Crippen molar-refractivity contribution in [2.24, 2.45) is 0 Å². The van der Waals surface area contributed by atoms with Crippen LogP contribution in [0.15, 0.2) is 59.6 Å². The average molecular weight is 373 g/mol. The second-order valence-corrected chi connectivity index (χ2v) is 6.67. The molecule has 3 aromatic rings. The monoisotopic (exact) mass is 372 g/mol. The Balaban J connectivity index is 1.74. The number of aromatic nitrogens is 2. The highest BCUT2D eigenvalue weighted by molar-refractivity contribution is 7.98. The van der Waals surface area contributed by atoms with E-state index in [1.807, 2.05) is 54.6 Å². The van der Waals surface area contributed by atoms with E-state index in [1.165, 1.54) is 0 Å². The molecule has 0 unspecified atom stereocenters. The van der Waals surface area contributed by atoms with Crippen LogP contribution in [-0.4, -0.2) is 24.4 Å². The van der Waals surface area contributed by atoms with Crippen LogP contribution in [-0.2, 0) is 5.75 Å². The summed E-state index contributed by atoms with van der Waals surface area (Å²) in [6, 6.07) is 17.3. The molecule has 3 rings (SSSR count). The molecule has 0 bridgehead atoms. The Morgan fingerprint density at radius 1 is 0.960 bits per heavy atom. The fraction of sp³-hybridized carbons (Fsp3) is 0.158. The van der Waals surface area contributed by atoms with Crippen molar-refractivity contribution in [1.82, 2.24) is 10.2 Å². The summed E-state index contributed by atoms with van der Waals surface area (Å²) >= 11 is 7.63.